The van der Waals surface area contributed by atoms with Gasteiger partial charge in [0.1, 0.15) is 0 Å². The van der Waals surface area contributed by atoms with Gasteiger partial charge < -0.3 is 14.9 Å². The van der Waals surface area contributed by atoms with Gasteiger partial charge in [-0.3, -0.25) is 9.59 Å². The summed E-state index contributed by atoms with van der Waals surface area (Å²) in [5, 5.41) is 9.65. The van der Waals surface area contributed by atoms with Crippen LogP contribution in [-0.2, 0) is 4.79 Å². The molecule has 0 aliphatic carbocycles. The predicted molar refractivity (Wildman–Crippen MR) is 101 cm³/mol. The predicted octanol–water partition coefficient (Wildman–Crippen LogP) is 2.53. The number of β-amino-alcohol motifs (C(OH)–C–C–N with tert-alkyl or cyclic N) is 1. The van der Waals surface area contributed by atoms with Crippen molar-refractivity contribution in [2.24, 2.45) is 5.41 Å². The van der Waals surface area contributed by atoms with Crippen LogP contribution in [0.3, 0.4) is 0 Å². The van der Waals surface area contributed by atoms with Gasteiger partial charge in [0, 0.05) is 38.2 Å². The Bertz CT molecular complexity index is 690. The van der Waals surface area contributed by atoms with Crippen molar-refractivity contribution in [3.05, 3.63) is 34.9 Å². The second-order valence-electron chi connectivity index (χ2n) is 8.23. The topological polar surface area (TPSA) is 60.9 Å². The van der Waals surface area contributed by atoms with E-state index in [4.69, 9.17) is 0 Å². The standard InChI is InChI=1S/C21H30N2O3/c1-15-4-5-16(2)18(12-15)20(26)22-10-8-21(9-11-22)7-6-19(25)23(14-21)13-17(3)24/h4-5,12,17,24H,6-11,13-14H2,1-3H3. The molecule has 1 aromatic carbocycles. The van der Waals surface area contributed by atoms with Crippen molar-refractivity contribution in [3.8, 4) is 0 Å². The minimum Gasteiger partial charge on any atom is -0.392 e. The summed E-state index contributed by atoms with van der Waals surface area (Å²) in [6.45, 7) is 8.32. The van der Waals surface area contributed by atoms with Gasteiger partial charge in [0.2, 0.25) is 5.91 Å². The Morgan fingerprint density at radius 3 is 2.58 bits per heavy atom. The van der Waals surface area contributed by atoms with Crippen LogP contribution >= 0.6 is 0 Å². The third kappa shape index (κ3) is 3.93. The molecule has 5 nitrogen and oxygen atoms in total. The molecule has 2 saturated heterocycles. The largest absolute Gasteiger partial charge is 0.392 e. The van der Waals surface area contributed by atoms with Crippen molar-refractivity contribution < 1.29 is 14.7 Å². The van der Waals surface area contributed by atoms with Crippen LogP contribution in [0.2, 0.25) is 0 Å². The Balaban J connectivity index is 1.66. The van der Waals surface area contributed by atoms with Gasteiger partial charge in [-0.05, 0) is 57.1 Å². The molecule has 1 atom stereocenters. The van der Waals surface area contributed by atoms with E-state index in [1.807, 2.05) is 41.8 Å². The van der Waals surface area contributed by atoms with Gasteiger partial charge in [0.25, 0.3) is 5.91 Å². The number of aliphatic hydroxyl groups excluding tert-OH is 1. The molecule has 1 unspecified atom stereocenters. The van der Waals surface area contributed by atoms with Crippen LogP contribution in [0.15, 0.2) is 18.2 Å². The van der Waals surface area contributed by atoms with Crippen molar-refractivity contribution >= 4 is 11.8 Å². The molecule has 5 heteroatoms. The molecule has 3 rings (SSSR count). The van der Waals surface area contributed by atoms with Crippen LogP contribution in [0.4, 0.5) is 0 Å². The van der Waals surface area contributed by atoms with Crippen molar-refractivity contribution in [2.75, 3.05) is 26.2 Å². The number of likely N-dealkylation sites (tertiary alicyclic amines) is 2. The average Bonchev–Trinajstić information content (AvgIpc) is 2.60. The number of piperidine rings is 2. The number of carbonyl (C=O) groups is 2. The summed E-state index contributed by atoms with van der Waals surface area (Å²) >= 11 is 0. The molecule has 2 fully saturated rings. The number of nitrogens with zero attached hydrogens (tertiary/aromatic N) is 2. The van der Waals surface area contributed by atoms with Gasteiger partial charge in [-0.1, -0.05) is 17.7 Å². The average molecular weight is 358 g/mol. The zero-order valence-electron chi connectivity index (χ0n) is 16.1. The number of benzene rings is 1. The maximum absolute atomic E-state index is 12.9. The van der Waals surface area contributed by atoms with Crippen LogP contribution in [0.25, 0.3) is 0 Å². The molecule has 2 aliphatic heterocycles. The Hall–Kier alpha value is -1.88. The summed E-state index contributed by atoms with van der Waals surface area (Å²) in [7, 11) is 0. The monoisotopic (exact) mass is 358 g/mol. The fraction of sp³-hybridized carbons (Fsp3) is 0.619. The number of carbonyl (C=O) groups excluding carboxylic acids is 2. The molecule has 2 aliphatic rings. The van der Waals surface area contributed by atoms with E-state index in [1.165, 1.54) is 0 Å². The number of hydrogen-bond donors (Lipinski definition) is 1. The van der Waals surface area contributed by atoms with Crippen LogP contribution in [-0.4, -0.2) is 59.0 Å². The third-order valence-electron chi connectivity index (χ3n) is 5.97. The van der Waals surface area contributed by atoms with Crippen molar-refractivity contribution in [1.29, 1.82) is 0 Å². The molecule has 2 amide bonds. The van der Waals surface area contributed by atoms with E-state index in [0.29, 0.717) is 19.5 Å². The van der Waals surface area contributed by atoms with Gasteiger partial charge >= 0.3 is 0 Å². The molecule has 0 radical (unpaired) electrons. The van der Waals surface area contributed by atoms with Gasteiger partial charge in [0.05, 0.1) is 6.10 Å². The van der Waals surface area contributed by atoms with Crippen molar-refractivity contribution in [1.82, 2.24) is 9.80 Å². The smallest absolute Gasteiger partial charge is 0.254 e. The summed E-state index contributed by atoms with van der Waals surface area (Å²) < 4.78 is 0. The highest BCUT2D eigenvalue weighted by molar-refractivity contribution is 5.96. The van der Waals surface area contributed by atoms with Crippen molar-refractivity contribution in [3.63, 3.8) is 0 Å². The lowest BCUT2D eigenvalue weighted by atomic mass is 9.72. The first-order valence-corrected chi connectivity index (χ1v) is 9.62. The summed E-state index contributed by atoms with van der Waals surface area (Å²) in [6.07, 6.45) is 2.80. The Morgan fingerprint density at radius 2 is 1.92 bits per heavy atom. The van der Waals surface area contributed by atoms with Gasteiger partial charge in [-0.25, -0.2) is 0 Å². The Labute approximate surface area is 156 Å². The number of rotatable bonds is 3. The number of amides is 2. The van der Waals surface area contributed by atoms with Crippen LogP contribution < -0.4 is 0 Å². The third-order valence-corrected chi connectivity index (χ3v) is 5.97. The van der Waals surface area contributed by atoms with Crippen LogP contribution in [0, 0.1) is 19.3 Å². The summed E-state index contributed by atoms with van der Waals surface area (Å²) in [4.78, 5) is 28.8. The number of hydrogen-bond acceptors (Lipinski definition) is 3. The molecule has 1 spiro atoms. The molecule has 0 aromatic heterocycles. The quantitative estimate of drug-likeness (QED) is 0.903. The van der Waals surface area contributed by atoms with Gasteiger partial charge in [-0.2, -0.15) is 0 Å². The van der Waals surface area contributed by atoms with E-state index in [2.05, 4.69) is 0 Å². The molecular formula is C21H30N2O3. The molecular weight excluding hydrogens is 328 g/mol. The van der Waals surface area contributed by atoms with E-state index >= 15 is 0 Å². The van der Waals surface area contributed by atoms with Crippen LogP contribution in [0.1, 0.15) is 54.1 Å². The van der Waals surface area contributed by atoms with E-state index in [9.17, 15) is 14.7 Å². The SMILES string of the molecule is Cc1ccc(C)c(C(=O)N2CCC3(CCC(=O)N(CC(C)O)C3)CC2)c1. The van der Waals surface area contributed by atoms with E-state index in [0.717, 1.165) is 49.0 Å². The lowest BCUT2D eigenvalue weighted by molar-refractivity contribution is -0.140. The summed E-state index contributed by atoms with van der Waals surface area (Å²) in [5.74, 6) is 0.263. The molecule has 2 heterocycles. The Kier molecular flexibility index (Phi) is 5.37. The van der Waals surface area contributed by atoms with E-state index in [1.54, 1.807) is 6.92 Å². The fourth-order valence-corrected chi connectivity index (χ4v) is 4.32. The minimum absolute atomic E-state index is 0.0984. The molecule has 1 aromatic rings. The molecule has 0 bridgehead atoms. The highest BCUT2D eigenvalue weighted by Gasteiger charge is 2.42. The molecule has 26 heavy (non-hydrogen) atoms. The second kappa shape index (κ2) is 7.39. The number of aryl methyl sites for hydroxylation is 2. The second-order valence-corrected chi connectivity index (χ2v) is 8.23. The molecule has 0 saturated carbocycles. The molecule has 1 N–H and O–H groups in total. The molecule has 142 valence electrons. The van der Waals surface area contributed by atoms with E-state index in [-0.39, 0.29) is 17.2 Å². The van der Waals surface area contributed by atoms with Crippen LogP contribution in [0.5, 0.6) is 0 Å². The fourth-order valence-electron chi connectivity index (χ4n) is 4.32. The van der Waals surface area contributed by atoms with Crippen molar-refractivity contribution in [2.45, 2.75) is 52.6 Å². The first kappa shape index (κ1) is 18.9. The highest BCUT2D eigenvalue weighted by atomic mass is 16.3. The zero-order valence-corrected chi connectivity index (χ0v) is 16.1. The lowest BCUT2D eigenvalue weighted by Crippen LogP contribution is -2.53. The maximum Gasteiger partial charge on any atom is 0.254 e. The Morgan fingerprint density at radius 1 is 1.23 bits per heavy atom. The normalized spacial score (nSPS) is 21.2. The zero-order chi connectivity index (χ0) is 18.9. The van der Waals surface area contributed by atoms with E-state index < -0.39 is 6.10 Å². The first-order chi connectivity index (χ1) is 12.3. The minimum atomic E-state index is -0.500. The summed E-state index contributed by atoms with van der Waals surface area (Å²) in [5.41, 5.74) is 3.02. The van der Waals surface area contributed by atoms with Gasteiger partial charge in [0.15, 0.2) is 0 Å². The highest BCUT2D eigenvalue weighted by Crippen LogP contribution is 2.40. The lowest BCUT2D eigenvalue weighted by Gasteiger charge is -2.47. The van der Waals surface area contributed by atoms with Gasteiger partial charge in [-0.15, -0.1) is 0 Å². The number of aliphatic hydroxyl groups is 1. The maximum atomic E-state index is 12.9. The summed E-state index contributed by atoms with van der Waals surface area (Å²) in [6, 6.07) is 6.02. The first-order valence-electron chi connectivity index (χ1n) is 9.62.